The summed E-state index contributed by atoms with van der Waals surface area (Å²) in [5.41, 5.74) is -1.98. The van der Waals surface area contributed by atoms with Gasteiger partial charge in [-0.2, -0.15) is 8.42 Å². The van der Waals surface area contributed by atoms with Crippen molar-refractivity contribution < 1.29 is 18.3 Å². The molecule has 1 aromatic carbocycles. The Kier molecular flexibility index (Phi) is 3.28. The largest absolute Gasteiger partial charge is 0.478 e. The fourth-order valence-corrected chi connectivity index (χ4v) is 2.73. The lowest BCUT2D eigenvalue weighted by atomic mass is 10.2. The first-order chi connectivity index (χ1) is 9.32. The van der Waals surface area contributed by atoms with E-state index >= 15 is 0 Å². The summed E-state index contributed by atoms with van der Waals surface area (Å²) in [6.45, 7) is 0. The molecule has 0 aliphatic rings. The molecule has 2 rings (SSSR count). The van der Waals surface area contributed by atoms with E-state index in [1.807, 2.05) is 5.10 Å². The zero-order valence-electron chi connectivity index (χ0n) is 9.81. The number of H-pyrrole nitrogens is 1. The van der Waals surface area contributed by atoms with Crippen LogP contribution in [0.1, 0.15) is 10.4 Å². The Balaban J connectivity index is 2.70. The lowest BCUT2D eigenvalue weighted by Gasteiger charge is -2.07. The average Bonchev–Trinajstić information content (AvgIpc) is 2.41. The number of carbonyl (C=O) groups is 1. The highest BCUT2D eigenvalue weighted by molar-refractivity contribution is 7.89. The molecule has 0 atom stereocenters. The van der Waals surface area contributed by atoms with E-state index < -0.39 is 32.0 Å². The number of nitrogens with one attached hydrogen (secondary N) is 1. The number of nitrogens with zero attached hydrogens (tertiary/aromatic N) is 1. The molecule has 0 spiro atoms. The summed E-state index contributed by atoms with van der Waals surface area (Å²) in [4.78, 5) is 33.0. The summed E-state index contributed by atoms with van der Waals surface area (Å²) in [7, 11) is -4.36. The van der Waals surface area contributed by atoms with E-state index in [0.717, 1.165) is 24.3 Å². The third-order valence-corrected chi connectivity index (χ3v) is 4.01. The van der Waals surface area contributed by atoms with Gasteiger partial charge < -0.3 is 5.11 Å². The minimum Gasteiger partial charge on any atom is -0.478 e. The standard InChI is InChI=1S/C11H8N2O6S/c14-9-4-5-10(15)13(12-9)20(18,19)8-3-1-2-7(6-8)11(16)17/h1-6H,(H,12,14)(H,16,17). The number of aromatic carboxylic acids is 1. The number of carboxylic acid groups (broad SMARTS) is 1. The van der Waals surface area contributed by atoms with Crippen LogP contribution in [0.3, 0.4) is 0 Å². The highest BCUT2D eigenvalue weighted by atomic mass is 32.2. The van der Waals surface area contributed by atoms with Gasteiger partial charge in [-0.15, -0.1) is 4.09 Å². The fourth-order valence-electron chi connectivity index (χ4n) is 1.48. The van der Waals surface area contributed by atoms with Crippen molar-refractivity contribution >= 4 is 16.0 Å². The normalized spacial score (nSPS) is 11.2. The summed E-state index contributed by atoms with van der Waals surface area (Å²) in [5, 5.41) is 10.7. The first-order valence-corrected chi connectivity index (χ1v) is 6.68. The minimum atomic E-state index is -4.36. The summed E-state index contributed by atoms with van der Waals surface area (Å²) in [5.74, 6) is -1.31. The topological polar surface area (TPSA) is 126 Å². The van der Waals surface area contributed by atoms with Gasteiger partial charge in [-0.25, -0.2) is 9.89 Å². The van der Waals surface area contributed by atoms with Crippen molar-refractivity contribution in [3.8, 4) is 0 Å². The molecule has 2 N–H and O–H groups in total. The van der Waals surface area contributed by atoms with Gasteiger partial charge in [0, 0.05) is 12.1 Å². The van der Waals surface area contributed by atoms with Crippen LogP contribution in [-0.2, 0) is 10.0 Å². The Morgan fingerprint density at radius 3 is 2.50 bits per heavy atom. The van der Waals surface area contributed by atoms with Crippen LogP contribution in [0.5, 0.6) is 0 Å². The van der Waals surface area contributed by atoms with Gasteiger partial charge in [-0.3, -0.25) is 9.59 Å². The maximum absolute atomic E-state index is 12.2. The zero-order chi connectivity index (χ0) is 14.9. The molecule has 0 saturated heterocycles. The van der Waals surface area contributed by atoms with Crippen molar-refractivity contribution in [3.05, 3.63) is 62.7 Å². The van der Waals surface area contributed by atoms with Gasteiger partial charge in [0.1, 0.15) is 0 Å². The first-order valence-electron chi connectivity index (χ1n) is 5.24. The van der Waals surface area contributed by atoms with Crippen LogP contribution in [0.4, 0.5) is 0 Å². The second kappa shape index (κ2) is 4.78. The van der Waals surface area contributed by atoms with Crippen LogP contribution in [-0.4, -0.2) is 28.7 Å². The van der Waals surface area contributed by atoms with Crippen molar-refractivity contribution in [2.75, 3.05) is 0 Å². The SMILES string of the molecule is O=C(O)c1cccc(S(=O)(=O)n2[nH]c(=O)ccc2=O)c1. The lowest BCUT2D eigenvalue weighted by molar-refractivity contribution is 0.0696. The third kappa shape index (κ3) is 2.38. The van der Waals surface area contributed by atoms with Crippen LogP contribution in [0, 0.1) is 0 Å². The number of aromatic amines is 1. The van der Waals surface area contributed by atoms with E-state index in [1.54, 1.807) is 0 Å². The molecule has 20 heavy (non-hydrogen) atoms. The highest BCUT2D eigenvalue weighted by Gasteiger charge is 2.20. The molecule has 8 nitrogen and oxygen atoms in total. The summed E-state index contributed by atoms with van der Waals surface area (Å²) < 4.78 is 24.5. The Hall–Kier alpha value is -2.68. The Labute approximate surface area is 112 Å². The number of rotatable bonds is 3. The van der Waals surface area contributed by atoms with E-state index in [4.69, 9.17) is 5.11 Å². The van der Waals surface area contributed by atoms with E-state index in [-0.39, 0.29) is 9.65 Å². The second-order valence-corrected chi connectivity index (χ2v) is 5.54. The van der Waals surface area contributed by atoms with Crippen molar-refractivity contribution in [1.82, 2.24) is 9.19 Å². The minimum absolute atomic E-state index is 0.163. The number of hydrogen-bond acceptors (Lipinski definition) is 5. The van der Waals surface area contributed by atoms with Gasteiger partial charge in [0.05, 0.1) is 10.5 Å². The lowest BCUT2D eigenvalue weighted by Crippen LogP contribution is -2.33. The van der Waals surface area contributed by atoms with Crippen LogP contribution in [0.2, 0.25) is 0 Å². The molecule has 0 bridgehead atoms. The predicted octanol–water partition coefficient (Wildman–Crippen LogP) is -0.528. The molecule has 1 aromatic heterocycles. The van der Waals surface area contributed by atoms with Crippen molar-refractivity contribution in [1.29, 1.82) is 0 Å². The molecule has 104 valence electrons. The van der Waals surface area contributed by atoms with Crippen molar-refractivity contribution in [2.24, 2.45) is 0 Å². The van der Waals surface area contributed by atoms with Gasteiger partial charge in [0.25, 0.3) is 21.1 Å². The fraction of sp³-hybridized carbons (Fsp3) is 0. The van der Waals surface area contributed by atoms with Gasteiger partial charge >= 0.3 is 5.97 Å². The number of benzene rings is 1. The van der Waals surface area contributed by atoms with Gasteiger partial charge in [-0.05, 0) is 18.2 Å². The number of carboxylic acids is 1. The zero-order valence-corrected chi connectivity index (χ0v) is 10.6. The summed E-state index contributed by atoms with van der Waals surface area (Å²) >= 11 is 0. The van der Waals surface area contributed by atoms with Crippen molar-refractivity contribution in [3.63, 3.8) is 0 Å². The smallest absolute Gasteiger partial charge is 0.335 e. The monoisotopic (exact) mass is 296 g/mol. The Morgan fingerprint density at radius 2 is 1.85 bits per heavy atom. The summed E-state index contributed by atoms with van der Waals surface area (Å²) in [6.07, 6.45) is 0. The molecule has 1 heterocycles. The highest BCUT2D eigenvalue weighted by Crippen LogP contribution is 2.13. The molecular formula is C11H8N2O6S. The Morgan fingerprint density at radius 1 is 1.15 bits per heavy atom. The maximum Gasteiger partial charge on any atom is 0.335 e. The van der Waals surface area contributed by atoms with Crippen molar-refractivity contribution in [2.45, 2.75) is 4.90 Å². The second-order valence-electron chi connectivity index (χ2n) is 3.75. The molecular weight excluding hydrogens is 288 g/mol. The Bertz CT molecular complexity index is 893. The van der Waals surface area contributed by atoms with Crippen LogP contribution in [0.25, 0.3) is 0 Å². The number of aromatic nitrogens is 2. The van der Waals surface area contributed by atoms with Crippen LogP contribution in [0.15, 0.2) is 50.9 Å². The van der Waals surface area contributed by atoms with E-state index in [0.29, 0.717) is 0 Å². The molecule has 0 radical (unpaired) electrons. The van der Waals surface area contributed by atoms with Crippen LogP contribution >= 0.6 is 0 Å². The molecule has 0 aliphatic carbocycles. The average molecular weight is 296 g/mol. The molecule has 0 fully saturated rings. The maximum atomic E-state index is 12.2. The molecule has 0 amide bonds. The molecule has 0 saturated carbocycles. The van der Waals surface area contributed by atoms with E-state index in [1.165, 1.54) is 12.1 Å². The molecule has 9 heteroatoms. The molecule has 2 aromatic rings. The van der Waals surface area contributed by atoms with Gasteiger partial charge in [0.15, 0.2) is 0 Å². The summed E-state index contributed by atoms with van der Waals surface area (Å²) in [6, 6.07) is 6.15. The molecule has 0 aliphatic heterocycles. The quantitative estimate of drug-likeness (QED) is 0.784. The van der Waals surface area contributed by atoms with Gasteiger partial charge in [-0.1, -0.05) is 6.07 Å². The predicted molar refractivity (Wildman–Crippen MR) is 67.3 cm³/mol. The van der Waals surface area contributed by atoms with Crippen LogP contribution < -0.4 is 11.1 Å². The van der Waals surface area contributed by atoms with Gasteiger partial charge in [0.2, 0.25) is 0 Å². The molecule has 0 unspecified atom stereocenters. The van der Waals surface area contributed by atoms with E-state index in [9.17, 15) is 22.8 Å². The number of hydrogen-bond donors (Lipinski definition) is 2. The van der Waals surface area contributed by atoms with E-state index in [2.05, 4.69) is 0 Å². The third-order valence-electron chi connectivity index (χ3n) is 2.41. The first kappa shape index (κ1) is 13.7.